The molecule has 0 bridgehead atoms. The number of amides is 1. The van der Waals surface area contributed by atoms with Gasteiger partial charge in [0.25, 0.3) is 0 Å². The molecule has 0 aliphatic heterocycles. The minimum Gasteiger partial charge on any atom is -0.480 e. The number of rotatable bonds is 14. The van der Waals surface area contributed by atoms with Gasteiger partial charge in [-0.05, 0) is 56.9 Å². The van der Waals surface area contributed by atoms with Crippen molar-refractivity contribution >= 4 is 75.4 Å². The van der Waals surface area contributed by atoms with Gasteiger partial charge in [-0.2, -0.15) is 13.5 Å². The maximum absolute atomic E-state index is 12.8. The molecule has 5 N–H and O–H groups in total. The number of ether oxygens (including phenoxy) is 1. The quantitative estimate of drug-likeness (QED) is 0.0937. The van der Waals surface area contributed by atoms with E-state index in [2.05, 4.69) is 16.7 Å². The second kappa shape index (κ2) is 21.0. The molecule has 15 nitrogen and oxygen atoms in total. The number of anilines is 2. The highest BCUT2D eigenvalue weighted by Crippen LogP contribution is 2.36. The zero-order chi connectivity index (χ0) is 40.1. The van der Waals surface area contributed by atoms with Crippen molar-refractivity contribution in [2.45, 2.75) is 53.1 Å². The third-order valence-electron chi connectivity index (χ3n) is 6.72. The summed E-state index contributed by atoms with van der Waals surface area (Å²) in [7, 11) is -6.75. The van der Waals surface area contributed by atoms with E-state index in [4.69, 9.17) is 55.3 Å². The molecule has 1 heterocycles. The summed E-state index contributed by atoms with van der Waals surface area (Å²) < 4.78 is 67.3. The standard InChI is InChI=1S/C14H20ClNO2.C11H10Cl2F2N4O3S.C5H12NO4P/c1-4-12-8-6-7-11(3)14(12)16(10-18-5-2)13(17)9-15;1-5-16-19(11(20)18(5)10(14)15)9-4-8(17-23(2,21)22)6(12)3-7(9)13;1-11(9,10)3-2-4(6)5(7)8/h6-8H,4-5,9-10H2,1-3H3;3-4,10,17H,1-2H3;4H,2-3,6H2,1H3,(H,7,8)(H,9,10). The van der Waals surface area contributed by atoms with Crippen molar-refractivity contribution < 1.29 is 46.1 Å². The van der Waals surface area contributed by atoms with Crippen LogP contribution in [0, 0.1) is 13.8 Å². The number of carboxylic acids is 1. The Morgan fingerprint density at radius 3 is 2.25 bits per heavy atom. The third-order valence-corrected chi connectivity index (χ3v) is 9.24. The number of sulfonamides is 1. The van der Waals surface area contributed by atoms with Crippen LogP contribution in [0.4, 0.5) is 20.2 Å². The van der Waals surface area contributed by atoms with Crippen LogP contribution in [0.3, 0.4) is 0 Å². The molecule has 292 valence electrons. The van der Waals surface area contributed by atoms with Gasteiger partial charge < -0.3 is 20.5 Å². The number of carbonyl (C=O) groups excluding carboxylic acids is 1. The zero-order valence-corrected chi connectivity index (χ0v) is 33.1. The summed E-state index contributed by atoms with van der Waals surface area (Å²) >= 11 is 17.5. The van der Waals surface area contributed by atoms with Crippen LogP contribution in [-0.4, -0.2) is 89.0 Å². The van der Waals surface area contributed by atoms with Gasteiger partial charge in [-0.15, -0.1) is 16.7 Å². The topological polar surface area (TPSA) is 216 Å². The first kappa shape index (κ1) is 46.9. The highest BCUT2D eigenvalue weighted by molar-refractivity contribution is 7.92. The number of carbonyl (C=O) groups is 2. The summed E-state index contributed by atoms with van der Waals surface area (Å²) in [5.74, 6) is -1.54. The molecule has 0 saturated heterocycles. The van der Waals surface area contributed by atoms with E-state index in [1.54, 1.807) is 4.90 Å². The number of alkyl halides is 3. The van der Waals surface area contributed by atoms with Crippen LogP contribution >= 0.6 is 42.2 Å². The van der Waals surface area contributed by atoms with Crippen molar-refractivity contribution in [2.75, 3.05) is 47.9 Å². The lowest BCUT2D eigenvalue weighted by atomic mass is 10.0. The van der Waals surface area contributed by atoms with Crippen LogP contribution in [-0.2, 0) is 35.3 Å². The average Bonchev–Trinajstić information content (AvgIpc) is 3.34. The van der Waals surface area contributed by atoms with E-state index >= 15 is 0 Å². The SMILES string of the molecule is CCOCN(C(=O)CCl)c1c(C)cccc1CC.CP(=O)(O)CCC(N)C(=O)O.Cc1nn(-c2cc(NS(C)(=O)=O)c(Cl)cc2Cl)c(=O)n1C(F)F. The summed E-state index contributed by atoms with van der Waals surface area (Å²) in [4.78, 5) is 44.5. The van der Waals surface area contributed by atoms with E-state index in [9.17, 15) is 36.1 Å². The predicted octanol–water partition coefficient (Wildman–Crippen LogP) is 5.23. The van der Waals surface area contributed by atoms with Crippen molar-refractivity contribution in [3.05, 3.63) is 67.8 Å². The molecule has 22 heteroatoms. The first-order valence-electron chi connectivity index (χ1n) is 15.2. The van der Waals surface area contributed by atoms with Gasteiger partial charge in [0, 0.05) is 19.4 Å². The fourth-order valence-electron chi connectivity index (χ4n) is 4.24. The molecule has 0 saturated carbocycles. The van der Waals surface area contributed by atoms with Crippen molar-refractivity contribution in [3.8, 4) is 5.69 Å². The second-order valence-corrected chi connectivity index (χ2v) is 16.4. The third kappa shape index (κ3) is 14.7. The Balaban J connectivity index is 0.000000416. The Kier molecular flexibility index (Phi) is 18.9. The molecule has 2 atom stereocenters. The number of aryl methyl sites for hydroxylation is 3. The fraction of sp³-hybridized carbons (Fsp3) is 0.467. The van der Waals surface area contributed by atoms with Gasteiger partial charge in [-0.1, -0.05) is 48.3 Å². The summed E-state index contributed by atoms with van der Waals surface area (Å²) in [6.45, 7) is 6.12. The van der Waals surface area contributed by atoms with Crippen LogP contribution in [0.1, 0.15) is 43.8 Å². The number of halogens is 5. The Morgan fingerprint density at radius 1 is 1.17 bits per heavy atom. The van der Waals surface area contributed by atoms with Gasteiger partial charge >= 0.3 is 18.2 Å². The molecule has 0 fully saturated rings. The maximum Gasteiger partial charge on any atom is 0.355 e. The molecular weight excluding hydrogens is 796 g/mol. The van der Waals surface area contributed by atoms with Gasteiger partial charge in [0.15, 0.2) is 7.37 Å². The Bertz CT molecular complexity index is 1910. The molecule has 3 rings (SSSR count). The Hall–Kier alpha value is -3.09. The predicted molar refractivity (Wildman–Crippen MR) is 198 cm³/mol. The highest BCUT2D eigenvalue weighted by Gasteiger charge is 2.22. The Labute approximate surface area is 315 Å². The molecule has 2 unspecified atom stereocenters. The monoisotopic (exact) mass is 836 g/mol. The first-order valence-corrected chi connectivity index (χ1v) is 20.7. The highest BCUT2D eigenvalue weighted by atomic mass is 35.5. The largest absolute Gasteiger partial charge is 0.480 e. The van der Waals surface area contributed by atoms with E-state index in [1.165, 1.54) is 19.7 Å². The second-order valence-electron chi connectivity index (χ2n) is 11.1. The van der Waals surface area contributed by atoms with Gasteiger partial charge in [0.1, 0.15) is 24.5 Å². The molecular formula is C30H42Cl3F2N6O9PS. The molecule has 0 aliphatic carbocycles. The first-order chi connectivity index (χ1) is 24.0. The molecule has 3 aromatic rings. The number of nitrogens with one attached hydrogen (secondary N) is 1. The molecule has 0 radical (unpaired) electrons. The van der Waals surface area contributed by atoms with Crippen LogP contribution < -0.4 is 21.0 Å². The number of aromatic nitrogens is 3. The number of hydrogen-bond donors (Lipinski definition) is 4. The average molecular weight is 838 g/mol. The fourth-order valence-corrected chi connectivity index (χ4v) is 6.28. The van der Waals surface area contributed by atoms with E-state index < -0.39 is 41.6 Å². The number of nitrogens with zero attached hydrogens (tertiary/aromatic N) is 4. The van der Waals surface area contributed by atoms with Crippen LogP contribution in [0.2, 0.25) is 10.0 Å². The minimum absolute atomic E-state index is 0.0257. The molecule has 2 aromatic carbocycles. The van der Waals surface area contributed by atoms with E-state index in [0.29, 0.717) is 11.3 Å². The number of benzene rings is 2. The summed E-state index contributed by atoms with van der Waals surface area (Å²) in [5, 5.41) is 11.9. The summed E-state index contributed by atoms with van der Waals surface area (Å²) in [5.41, 5.74) is 6.94. The number of hydrogen-bond acceptors (Lipinski definition) is 9. The smallest absolute Gasteiger partial charge is 0.355 e. The van der Waals surface area contributed by atoms with Gasteiger partial charge in [0.05, 0.1) is 33.4 Å². The molecule has 1 amide bonds. The van der Waals surface area contributed by atoms with Gasteiger partial charge in [-0.3, -0.25) is 23.8 Å². The normalized spacial score (nSPS) is 12.9. The number of nitrogens with two attached hydrogens (primary N) is 1. The van der Waals surface area contributed by atoms with Gasteiger partial charge in [-0.25, -0.2) is 17.8 Å². The number of aliphatic carboxylic acids is 1. The number of para-hydroxylation sites is 1. The van der Waals surface area contributed by atoms with E-state index in [-0.39, 0.29) is 62.9 Å². The van der Waals surface area contributed by atoms with Crippen LogP contribution in [0.15, 0.2) is 35.1 Å². The van der Waals surface area contributed by atoms with E-state index in [0.717, 1.165) is 35.6 Å². The number of carboxylic acid groups (broad SMARTS) is 1. The summed E-state index contributed by atoms with van der Waals surface area (Å²) in [6.07, 6.45) is 1.77. The molecule has 1 aromatic heterocycles. The lowest BCUT2D eigenvalue weighted by Gasteiger charge is -2.25. The van der Waals surface area contributed by atoms with E-state index in [1.807, 2.05) is 32.0 Å². The van der Waals surface area contributed by atoms with Crippen LogP contribution in [0.25, 0.3) is 5.69 Å². The van der Waals surface area contributed by atoms with Crippen LogP contribution in [0.5, 0.6) is 0 Å². The lowest BCUT2D eigenvalue weighted by molar-refractivity contribution is -0.138. The van der Waals surface area contributed by atoms with Crippen molar-refractivity contribution in [3.63, 3.8) is 0 Å². The Morgan fingerprint density at radius 2 is 1.79 bits per heavy atom. The summed E-state index contributed by atoms with van der Waals surface area (Å²) in [6, 6.07) is 7.31. The van der Waals surface area contributed by atoms with Crippen molar-refractivity contribution in [1.29, 1.82) is 0 Å². The van der Waals surface area contributed by atoms with Gasteiger partial charge in [0.2, 0.25) is 15.9 Å². The molecule has 0 aliphatic rings. The maximum atomic E-state index is 12.8. The minimum atomic E-state index is -3.65. The van der Waals surface area contributed by atoms with Crippen molar-refractivity contribution in [2.24, 2.45) is 5.73 Å². The zero-order valence-electron chi connectivity index (χ0n) is 29.1. The lowest BCUT2D eigenvalue weighted by Crippen LogP contribution is -2.35. The molecule has 0 spiro atoms. The van der Waals surface area contributed by atoms with Crippen molar-refractivity contribution in [1.82, 2.24) is 14.3 Å². The molecule has 52 heavy (non-hydrogen) atoms.